The minimum atomic E-state index is -0.0237. The van der Waals surface area contributed by atoms with Gasteiger partial charge in [-0.3, -0.25) is 9.59 Å². The number of rotatable bonds is 4. The summed E-state index contributed by atoms with van der Waals surface area (Å²) in [6.45, 7) is 7.05. The largest absolute Gasteiger partial charge is 0.339 e. The minimum absolute atomic E-state index is 0. The van der Waals surface area contributed by atoms with Gasteiger partial charge in [-0.05, 0) is 26.1 Å². The average Bonchev–Trinajstić information content (AvgIpc) is 2.54. The van der Waals surface area contributed by atoms with Gasteiger partial charge in [-0.15, -0.1) is 12.4 Å². The van der Waals surface area contributed by atoms with E-state index in [0.29, 0.717) is 38.3 Å². The number of aryl methyl sites for hydroxylation is 1. The normalized spacial score (nSPS) is 15.8. The first kappa shape index (κ1) is 19.5. The van der Waals surface area contributed by atoms with E-state index in [1.807, 2.05) is 55.0 Å². The Bertz CT molecular complexity index is 525. The van der Waals surface area contributed by atoms with E-state index in [1.165, 1.54) is 0 Å². The molecule has 6 heteroatoms. The highest BCUT2D eigenvalue weighted by Crippen LogP contribution is 2.12. The van der Waals surface area contributed by atoms with Crippen molar-refractivity contribution >= 4 is 24.2 Å². The van der Waals surface area contributed by atoms with Crippen LogP contribution >= 0.6 is 12.4 Å². The van der Waals surface area contributed by atoms with Gasteiger partial charge in [0.15, 0.2) is 0 Å². The highest BCUT2D eigenvalue weighted by molar-refractivity contribution is 5.94. The molecule has 1 saturated heterocycles. The van der Waals surface area contributed by atoms with Gasteiger partial charge in [0.1, 0.15) is 0 Å². The van der Waals surface area contributed by atoms with Gasteiger partial charge < -0.3 is 15.1 Å². The SMILES string of the molecule is CNCC(C)C(=O)N1CCN(C(=O)c2ccc(C)cc2)CC1.Cl. The van der Waals surface area contributed by atoms with Crippen LogP contribution in [0.3, 0.4) is 0 Å². The minimum Gasteiger partial charge on any atom is -0.339 e. The second kappa shape index (κ2) is 8.89. The Hall–Kier alpha value is -1.59. The summed E-state index contributed by atoms with van der Waals surface area (Å²) in [5.74, 6) is 0.191. The molecule has 2 amide bonds. The van der Waals surface area contributed by atoms with Crippen LogP contribution in [-0.4, -0.2) is 61.4 Å². The van der Waals surface area contributed by atoms with E-state index < -0.39 is 0 Å². The van der Waals surface area contributed by atoms with Gasteiger partial charge in [-0.2, -0.15) is 0 Å². The fraction of sp³-hybridized carbons (Fsp3) is 0.529. The van der Waals surface area contributed by atoms with Gasteiger partial charge in [0.2, 0.25) is 5.91 Å². The number of nitrogens with zero attached hydrogens (tertiary/aromatic N) is 2. The molecule has 0 spiro atoms. The number of carbonyl (C=O) groups excluding carboxylic acids is 2. The van der Waals surface area contributed by atoms with Crippen molar-refractivity contribution < 1.29 is 9.59 Å². The Kier molecular flexibility index (Phi) is 7.52. The van der Waals surface area contributed by atoms with Crippen LogP contribution in [-0.2, 0) is 4.79 Å². The molecule has 0 aromatic heterocycles. The van der Waals surface area contributed by atoms with Crippen LogP contribution in [0.15, 0.2) is 24.3 Å². The molecule has 0 aliphatic carbocycles. The lowest BCUT2D eigenvalue weighted by atomic mass is 10.1. The Balaban J connectivity index is 0.00000264. The first-order valence-corrected chi connectivity index (χ1v) is 7.82. The Morgan fingerprint density at radius 2 is 1.61 bits per heavy atom. The average molecular weight is 340 g/mol. The third-order valence-electron chi connectivity index (χ3n) is 4.11. The van der Waals surface area contributed by atoms with Crippen LogP contribution in [0.1, 0.15) is 22.8 Å². The molecule has 1 fully saturated rings. The number of piperazine rings is 1. The molecule has 2 rings (SSSR count). The highest BCUT2D eigenvalue weighted by atomic mass is 35.5. The summed E-state index contributed by atoms with van der Waals surface area (Å²) in [4.78, 5) is 28.4. The van der Waals surface area contributed by atoms with Crippen molar-refractivity contribution in [1.29, 1.82) is 0 Å². The van der Waals surface area contributed by atoms with E-state index in [-0.39, 0.29) is 30.1 Å². The van der Waals surface area contributed by atoms with Crippen molar-refractivity contribution in [3.63, 3.8) is 0 Å². The molecule has 1 aliphatic heterocycles. The highest BCUT2D eigenvalue weighted by Gasteiger charge is 2.26. The summed E-state index contributed by atoms with van der Waals surface area (Å²) in [6.07, 6.45) is 0. The molecule has 5 nitrogen and oxygen atoms in total. The summed E-state index contributed by atoms with van der Waals surface area (Å²) < 4.78 is 0. The second-order valence-corrected chi connectivity index (χ2v) is 5.94. The number of hydrogen-bond donors (Lipinski definition) is 1. The lowest BCUT2D eigenvalue weighted by molar-refractivity contribution is -0.136. The first-order valence-electron chi connectivity index (χ1n) is 7.82. The zero-order valence-electron chi connectivity index (χ0n) is 14.0. The van der Waals surface area contributed by atoms with Crippen LogP contribution in [0.4, 0.5) is 0 Å². The number of amides is 2. The molecule has 1 N–H and O–H groups in total. The van der Waals surface area contributed by atoms with Gasteiger partial charge in [0.25, 0.3) is 5.91 Å². The number of carbonyl (C=O) groups is 2. The van der Waals surface area contributed by atoms with Gasteiger partial charge in [0, 0.05) is 44.2 Å². The van der Waals surface area contributed by atoms with Crippen molar-refractivity contribution in [2.24, 2.45) is 5.92 Å². The number of benzene rings is 1. The van der Waals surface area contributed by atoms with Crippen LogP contribution in [0.5, 0.6) is 0 Å². The topological polar surface area (TPSA) is 52.7 Å². The molecule has 1 unspecified atom stereocenters. The maximum Gasteiger partial charge on any atom is 0.253 e. The molecule has 0 saturated carbocycles. The smallest absolute Gasteiger partial charge is 0.253 e. The van der Waals surface area contributed by atoms with Crippen molar-refractivity contribution in [1.82, 2.24) is 15.1 Å². The van der Waals surface area contributed by atoms with Crippen LogP contribution in [0.2, 0.25) is 0 Å². The van der Waals surface area contributed by atoms with E-state index in [0.717, 1.165) is 5.56 Å². The van der Waals surface area contributed by atoms with Crippen molar-refractivity contribution in [2.45, 2.75) is 13.8 Å². The summed E-state index contributed by atoms with van der Waals surface area (Å²) in [5.41, 5.74) is 1.86. The van der Waals surface area contributed by atoms with Gasteiger partial charge in [0.05, 0.1) is 0 Å². The predicted octanol–water partition coefficient (Wildman–Crippen LogP) is 1.56. The van der Waals surface area contributed by atoms with Gasteiger partial charge >= 0.3 is 0 Å². The quantitative estimate of drug-likeness (QED) is 0.905. The molecular weight excluding hydrogens is 314 g/mol. The zero-order chi connectivity index (χ0) is 16.1. The third-order valence-corrected chi connectivity index (χ3v) is 4.11. The standard InChI is InChI=1S/C17H25N3O2.ClH/c1-13-4-6-15(7-5-13)17(22)20-10-8-19(9-11-20)16(21)14(2)12-18-3;/h4-7,14,18H,8-12H2,1-3H3;1H. The van der Waals surface area contributed by atoms with Crippen molar-refractivity contribution in [3.05, 3.63) is 35.4 Å². The molecular formula is C17H26ClN3O2. The van der Waals surface area contributed by atoms with Crippen LogP contribution in [0.25, 0.3) is 0 Å². The summed E-state index contributed by atoms with van der Waals surface area (Å²) in [6, 6.07) is 7.63. The fourth-order valence-corrected chi connectivity index (χ4v) is 2.71. The molecule has 1 heterocycles. The molecule has 128 valence electrons. The van der Waals surface area contributed by atoms with E-state index in [4.69, 9.17) is 0 Å². The summed E-state index contributed by atoms with van der Waals surface area (Å²) in [7, 11) is 1.85. The Labute approximate surface area is 144 Å². The number of hydrogen-bond acceptors (Lipinski definition) is 3. The van der Waals surface area contributed by atoms with Crippen molar-refractivity contribution in [2.75, 3.05) is 39.8 Å². The Morgan fingerprint density at radius 1 is 1.09 bits per heavy atom. The third kappa shape index (κ3) is 4.94. The van der Waals surface area contributed by atoms with E-state index >= 15 is 0 Å². The van der Waals surface area contributed by atoms with Crippen LogP contribution < -0.4 is 5.32 Å². The molecule has 23 heavy (non-hydrogen) atoms. The monoisotopic (exact) mass is 339 g/mol. The molecule has 1 aromatic carbocycles. The summed E-state index contributed by atoms with van der Waals surface area (Å²) in [5, 5.41) is 3.03. The zero-order valence-corrected chi connectivity index (χ0v) is 14.9. The van der Waals surface area contributed by atoms with E-state index in [9.17, 15) is 9.59 Å². The van der Waals surface area contributed by atoms with Gasteiger partial charge in [-0.1, -0.05) is 24.6 Å². The van der Waals surface area contributed by atoms with Crippen molar-refractivity contribution in [3.8, 4) is 0 Å². The number of nitrogens with one attached hydrogen (secondary N) is 1. The summed E-state index contributed by atoms with van der Waals surface area (Å²) >= 11 is 0. The van der Waals surface area contributed by atoms with E-state index in [2.05, 4.69) is 5.32 Å². The predicted molar refractivity (Wildman–Crippen MR) is 94.0 cm³/mol. The second-order valence-electron chi connectivity index (χ2n) is 5.94. The Morgan fingerprint density at radius 3 is 2.13 bits per heavy atom. The molecule has 0 bridgehead atoms. The first-order chi connectivity index (χ1) is 10.5. The lowest BCUT2D eigenvalue weighted by Gasteiger charge is -2.36. The van der Waals surface area contributed by atoms with E-state index in [1.54, 1.807) is 0 Å². The molecule has 1 aliphatic rings. The lowest BCUT2D eigenvalue weighted by Crippen LogP contribution is -2.52. The molecule has 1 aromatic rings. The molecule has 1 atom stereocenters. The number of halogens is 1. The van der Waals surface area contributed by atoms with Gasteiger partial charge in [-0.25, -0.2) is 0 Å². The maximum absolute atomic E-state index is 12.4. The fourth-order valence-electron chi connectivity index (χ4n) is 2.71. The molecule has 0 radical (unpaired) electrons. The maximum atomic E-state index is 12.4. The van der Waals surface area contributed by atoms with Crippen LogP contribution in [0, 0.1) is 12.8 Å².